The average molecular weight is 287 g/mol. The third kappa shape index (κ3) is 2.22. The van der Waals surface area contributed by atoms with Crippen LogP contribution in [0, 0.1) is 0 Å². The minimum Gasteiger partial charge on any atom is -0.490 e. The van der Waals surface area contributed by atoms with Crippen LogP contribution in [0.25, 0.3) is 0 Å². The average Bonchev–Trinajstić information content (AvgIpc) is 2.88. The zero-order chi connectivity index (χ0) is 15.0. The zero-order valence-corrected chi connectivity index (χ0v) is 11.3. The lowest BCUT2D eigenvalue weighted by molar-refractivity contribution is 0.0685. The van der Waals surface area contributed by atoms with Gasteiger partial charge in [0.25, 0.3) is 5.91 Å². The first-order valence-electron chi connectivity index (χ1n) is 6.39. The van der Waals surface area contributed by atoms with E-state index in [1.165, 1.54) is 17.8 Å². The van der Waals surface area contributed by atoms with Crippen LogP contribution in [-0.2, 0) is 7.05 Å². The van der Waals surface area contributed by atoms with Gasteiger partial charge in [0.05, 0.1) is 12.2 Å². The van der Waals surface area contributed by atoms with Gasteiger partial charge < -0.3 is 14.7 Å². The maximum absolute atomic E-state index is 12.6. The molecule has 0 atom stereocenters. The molecule has 1 amide bonds. The number of nitrogens with zero attached hydrogens (tertiary/aromatic N) is 3. The van der Waals surface area contributed by atoms with Crippen LogP contribution in [0.5, 0.6) is 5.75 Å². The van der Waals surface area contributed by atoms with Crippen molar-refractivity contribution in [3.63, 3.8) is 0 Å². The summed E-state index contributed by atoms with van der Waals surface area (Å²) in [5.74, 6) is -0.827. The lowest BCUT2D eigenvalue weighted by atomic mass is 10.2. The van der Waals surface area contributed by atoms with Crippen LogP contribution in [-0.4, -0.2) is 39.9 Å². The number of para-hydroxylation sites is 2. The van der Waals surface area contributed by atoms with Gasteiger partial charge in [0.2, 0.25) is 0 Å². The number of aromatic carboxylic acids is 1. The first kappa shape index (κ1) is 13.2. The fraction of sp³-hybridized carbons (Fsp3) is 0.214. The molecule has 108 valence electrons. The predicted octanol–water partition coefficient (Wildman–Crippen LogP) is 1.16. The highest BCUT2D eigenvalue weighted by molar-refractivity contribution is 6.06. The van der Waals surface area contributed by atoms with Crippen molar-refractivity contribution in [1.82, 2.24) is 9.78 Å². The molecule has 1 aromatic carbocycles. The molecular weight excluding hydrogens is 274 g/mol. The fourth-order valence-electron chi connectivity index (χ4n) is 2.29. The summed E-state index contributed by atoms with van der Waals surface area (Å²) in [6, 6.07) is 8.50. The van der Waals surface area contributed by atoms with Gasteiger partial charge in [-0.05, 0) is 12.1 Å². The topological polar surface area (TPSA) is 84.7 Å². The van der Waals surface area contributed by atoms with Gasteiger partial charge in [-0.2, -0.15) is 5.10 Å². The first-order valence-corrected chi connectivity index (χ1v) is 6.39. The quantitative estimate of drug-likeness (QED) is 0.895. The molecule has 0 spiro atoms. The number of hydrogen-bond donors (Lipinski definition) is 1. The molecule has 0 radical (unpaired) electrons. The molecule has 21 heavy (non-hydrogen) atoms. The van der Waals surface area contributed by atoms with E-state index in [9.17, 15) is 9.59 Å². The van der Waals surface area contributed by atoms with E-state index in [-0.39, 0.29) is 17.3 Å². The molecule has 0 saturated carbocycles. The van der Waals surface area contributed by atoms with Gasteiger partial charge in [-0.1, -0.05) is 12.1 Å². The number of aryl methyl sites for hydroxylation is 1. The summed E-state index contributed by atoms with van der Waals surface area (Å²) >= 11 is 0. The Kier molecular flexibility index (Phi) is 3.09. The summed E-state index contributed by atoms with van der Waals surface area (Å²) in [4.78, 5) is 25.1. The van der Waals surface area contributed by atoms with Gasteiger partial charge >= 0.3 is 5.97 Å². The number of ether oxygens (including phenoxy) is 1. The molecule has 0 fully saturated rings. The maximum Gasteiger partial charge on any atom is 0.354 e. The molecule has 3 rings (SSSR count). The number of hydrogen-bond acceptors (Lipinski definition) is 4. The van der Waals surface area contributed by atoms with Crippen molar-refractivity contribution in [2.24, 2.45) is 7.05 Å². The number of carbonyl (C=O) groups is 2. The second kappa shape index (κ2) is 4.93. The number of rotatable bonds is 2. The summed E-state index contributed by atoms with van der Waals surface area (Å²) < 4.78 is 6.68. The van der Waals surface area contributed by atoms with Crippen molar-refractivity contribution >= 4 is 17.6 Å². The Morgan fingerprint density at radius 1 is 1.33 bits per heavy atom. The van der Waals surface area contributed by atoms with E-state index in [0.29, 0.717) is 24.6 Å². The SMILES string of the molecule is Cn1nc(C(=O)N2CCOc3ccccc32)cc1C(=O)O. The van der Waals surface area contributed by atoms with E-state index in [4.69, 9.17) is 9.84 Å². The number of benzene rings is 1. The van der Waals surface area contributed by atoms with E-state index in [2.05, 4.69) is 5.10 Å². The molecule has 0 saturated heterocycles. The van der Waals surface area contributed by atoms with Gasteiger partial charge in [0.1, 0.15) is 18.1 Å². The van der Waals surface area contributed by atoms with E-state index >= 15 is 0 Å². The second-order valence-electron chi connectivity index (χ2n) is 4.62. The van der Waals surface area contributed by atoms with Crippen LogP contribution in [0.1, 0.15) is 21.0 Å². The molecule has 0 bridgehead atoms. The highest BCUT2D eigenvalue weighted by Gasteiger charge is 2.27. The Bertz CT molecular complexity index is 723. The number of anilines is 1. The summed E-state index contributed by atoms with van der Waals surface area (Å²) in [7, 11) is 1.49. The molecule has 1 aliphatic rings. The summed E-state index contributed by atoms with van der Waals surface area (Å²) in [6.45, 7) is 0.788. The van der Waals surface area contributed by atoms with Crippen LogP contribution in [0.2, 0.25) is 0 Å². The van der Waals surface area contributed by atoms with Crippen molar-refractivity contribution in [3.8, 4) is 5.75 Å². The number of carbonyl (C=O) groups excluding carboxylic acids is 1. The number of fused-ring (bicyclic) bond motifs is 1. The molecule has 7 nitrogen and oxygen atoms in total. The lowest BCUT2D eigenvalue weighted by Gasteiger charge is -2.28. The Hall–Kier alpha value is -2.83. The third-order valence-electron chi connectivity index (χ3n) is 3.29. The zero-order valence-electron chi connectivity index (χ0n) is 11.3. The van der Waals surface area contributed by atoms with Gasteiger partial charge in [-0.15, -0.1) is 0 Å². The van der Waals surface area contributed by atoms with Crippen LogP contribution >= 0.6 is 0 Å². The van der Waals surface area contributed by atoms with Gasteiger partial charge in [-0.3, -0.25) is 9.48 Å². The predicted molar refractivity (Wildman–Crippen MR) is 73.8 cm³/mol. The van der Waals surface area contributed by atoms with Gasteiger partial charge in [0.15, 0.2) is 5.69 Å². The van der Waals surface area contributed by atoms with Crippen LogP contribution < -0.4 is 9.64 Å². The Labute approximate surface area is 120 Å². The third-order valence-corrected chi connectivity index (χ3v) is 3.29. The minimum absolute atomic E-state index is 0.0279. The first-order chi connectivity index (χ1) is 10.1. The summed E-state index contributed by atoms with van der Waals surface area (Å²) in [6.07, 6.45) is 0. The van der Waals surface area contributed by atoms with Crippen molar-refractivity contribution in [1.29, 1.82) is 0 Å². The van der Waals surface area contributed by atoms with E-state index < -0.39 is 5.97 Å². The molecule has 1 aromatic heterocycles. The largest absolute Gasteiger partial charge is 0.490 e. The standard InChI is InChI=1S/C14H13N3O4/c1-16-11(14(19)20)8-9(15-16)13(18)17-6-7-21-12-5-3-2-4-10(12)17/h2-5,8H,6-7H2,1H3,(H,19,20). The normalized spacial score (nSPS) is 13.5. The van der Waals surface area contributed by atoms with Crippen LogP contribution in [0.15, 0.2) is 30.3 Å². The van der Waals surface area contributed by atoms with E-state index in [0.717, 1.165) is 0 Å². The number of aromatic nitrogens is 2. The smallest absolute Gasteiger partial charge is 0.354 e. The van der Waals surface area contributed by atoms with Crippen molar-refractivity contribution in [2.75, 3.05) is 18.1 Å². The molecule has 2 heterocycles. The lowest BCUT2D eigenvalue weighted by Crippen LogP contribution is -2.38. The maximum atomic E-state index is 12.6. The molecule has 0 aliphatic carbocycles. The second-order valence-corrected chi connectivity index (χ2v) is 4.62. The Morgan fingerprint density at radius 2 is 2.10 bits per heavy atom. The molecule has 1 N–H and O–H groups in total. The summed E-state index contributed by atoms with van der Waals surface area (Å²) in [5, 5.41) is 13.0. The highest BCUT2D eigenvalue weighted by atomic mass is 16.5. The number of amides is 1. The van der Waals surface area contributed by atoms with E-state index in [1.54, 1.807) is 17.0 Å². The number of carboxylic acids is 1. The van der Waals surface area contributed by atoms with Crippen molar-refractivity contribution < 1.29 is 19.4 Å². The fourth-order valence-corrected chi connectivity index (χ4v) is 2.29. The minimum atomic E-state index is -1.12. The molecule has 1 aliphatic heterocycles. The van der Waals surface area contributed by atoms with E-state index in [1.807, 2.05) is 12.1 Å². The molecular formula is C14H13N3O4. The van der Waals surface area contributed by atoms with Crippen LogP contribution in [0.4, 0.5) is 5.69 Å². The molecule has 0 unspecified atom stereocenters. The van der Waals surface area contributed by atoms with Gasteiger partial charge in [0, 0.05) is 13.1 Å². The highest BCUT2D eigenvalue weighted by Crippen LogP contribution is 2.31. The summed E-state index contributed by atoms with van der Waals surface area (Å²) in [5.41, 5.74) is 0.739. The number of carboxylic acid groups (broad SMARTS) is 1. The van der Waals surface area contributed by atoms with Crippen LogP contribution in [0.3, 0.4) is 0 Å². The Balaban J connectivity index is 1.97. The van der Waals surface area contributed by atoms with Gasteiger partial charge in [-0.25, -0.2) is 4.79 Å². The molecule has 2 aromatic rings. The van der Waals surface area contributed by atoms with Crippen molar-refractivity contribution in [3.05, 3.63) is 41.7 Å². The monoisotopic (exact) mass is 287 g/mol. The molecule has 7 heteroatoms. The Morgan fingerprint density at radius 3 is 2.81 bits per heavy atom. The van der Waals surface area contributed by atoms with Crippen molar-refractivity contribution in [2.45, 2.75) is 0 Å².